The van der Waals surface area contributed by atoms with Gasteiger partial charge in [-0.1, -0.05) is 23.4 Å². The normalized spacial score (nSPS) is 11.4. The predicted octanol–water partition coefficient (Wildman–Crippen LogP) is 1.14. The van der Waals surface area contributed by atoms with E-state index in [1.807, 2.05) is 0 Å². The summed E-state index contributed by atoms with van der Waals surface area (Å²) in [5.74, 6) is -5.18. The monoisotopic (exact) mass is 257 g/mol. The van der Waals surface area contributed by atoms with Gasteiger partial charge in [0.15, 0.2) is 0 Å². The fraction of sp³-hybridized carbons (Fsp3) is 0.0909. The van der Waals surface area contributed by atoms with Gasteiger partial charge in [-0.2, -0.15) is 0 Å². The number of aryl methyl sites for hydroxylation is 1. The van der Waals surface area contributed by atoms with E-state index < -0.39 is 28.9 Å². The number of halogens is 2. The van der Waals surface area contributed by atoms with Crippen molar-refractivity contribution in [2.24, 2.45) is 0 Å². The van der Waals surface area contributed by atoms with Gasteiger partial charge >= 0.3 is 5.97 Å². The maximum absolute atomic E-state index is 13.3. The van der Waals surface area contributed by atoms with Crippen molar-refractivity contribution in [3.05, 3.63) is 40.2 Å². The van der Waals surface area contributed by atoms with Crippen LogP contribution in [0.1, 0.15) is 11.1 Å². The minimum Gasteiger partial charge on any atom is -0.872 e. The molecule has 0 saturated carbocycles. The van der Waals surface area contributed by atoms with Crippen LogP contribution in [-0.4, -0.2) is 16.9 Å². The zero-order valence-corrected chi connectivity index (χ0v) is 9.42. The molecule has 90 valence electrons. The van der Waals surface area contributed by atoms with Crippen molar-refractivity contribution >= 4 is 29.1 Å². The van der Waals surface area contributed by atoms with Gasteiger partial charge in [0.05, 0.1) is 5.02 Å². The second kappa shape index (κ2) is 4.97. The Balaban J connectivity index is 3.30. The molecule has 1 N–H and O–H groups in total. The van der Waals surface area contributed by atoms with E-state index in [-0.39, 0.29) is 5.02 Å². The molecule has 1 rings (SSSR count). The lowest BCUT2D eigenvalue weighted by Crippen LogP contribution is -2.14. The van der Waals surface area contributed by atoms with E-state index in [1.165, 1.54) is 6.07 Å². The van der Waals surface area contributed by atoms with Gasteiger partial charge in [-0.25, -0.2) is 9.18 Å². The number of ketones is 1. The number of carbonyl (C=O) groups excluding carboxylic acids is 1. The Morgan fingerprint density at radius 2 is 2.06 bits per heavy atom. The van der Waals surface area contributed by atoms with Crippen molar-refractivity contribution in [3.8, 4) is 0 Å². The van der Waals surface area contributed by atoms with Crippen molar-refractivity contribution in [1.29, 1.82) is 0 Å². The molecule has 0 fully saturated rings. The van der Waals surface area contributed by atoms with E-state index in [9.17, 15) is 19.1 Å². The average molecular weight is 258 g/mol. The van der Waals surface area contributed by atoms with E-state index in [2.05, 4.69) is 0 Å². The third kappa shape index (κ3) is 2.82. The molecule has 17 heavy (non-hydrogen) atoms. The second-order valence-electron chi connectivity index (χ2n) is 3.23. The van der Waals surface area contributed by atoms with Crippen LogP contribution in [0, 0.1) is 12.7 Å². The number of carboxylic acids is 1. The van der Waals surface area contributed by atoms with Gasteiger partial charge in [-0.05, 0) is 24.6 Å². The van der Waals surface area contributed by atoms with Crippen LogP contribution in [0.25, 0.3) is 5.76 Å². The minimum absolute atomic E-state index is 0.135. The lowest BCUT2D eigenvalue weighted by molar-refractivity contribution is -0.244. The molecule has 0 amide bonds. The molecule has 0 bridgehead atoms. The Bertz CT molecular complexity index is 522. The maximum atomic E-state index is 13.3. The van der Waals surface area contributed by atoms with Gasteiger partial charge < -0.3 is 10.2 Å². The second-order valence-corrected chi connectivity index (χ2v) is 3.61. The molecule has 0 unspecified atom stereocenters. The van der Waals surface area contributed by atoms with Gasteiger partial charge in [0.25, 0.3) is 5.78 Å². The van der Waals surface area contributed by atoms with Gasteiger partial charge in [-0.3, -0.25) is 4.79 Å². The van der Waals surface area contributed by atoms with Crippen molar-refractivity contribution in [3.63, 3.8) is 0 Å². The van der Waals surface area contributed by atoms with E-state index >= 15 is 0 Å². The van der Waals surface area contributed by atoms with E-state index in [0.717, 1.165) is 6.07 Å². The molecule has 0 spiro atoms. The number of hydrogen-bond donors (Lipinski definition) is 1. The van der Waals surface area contributed by atoms with E-state index in [0.29, 0.717) is 11.6 Å². The lowest BCUT2D eigenvalue weighted by atomic mass is 10.1. The quantitative estimate of drug-likeness (QED) is 0.500. The van der Waals surface area contributed by atoms with E-state index in [1.54, 1.807) is 6.92 Å². The summed E-state index contributed by atoms with van der Waals surface area (Å²) in [6.07, 6.45) is 0.298. The Labute approximate surface area is 101 Å². The molecule has 0 saturated heterocycles. The molecule has 4 nitrogen and oxygen atoms in total. The molecule has 0 heterocycles. The fourth-order valence-electron chi connectivity index (χ4n) is 1.14. The first-order valence-electron chi connectivity index (χ1n) is 4.45. The number of aliphatic carboxylic acids is 1. The molecule has 0 aliphatic heterocycles. The Hall–Kier alpha value is -1.88. The highest BCUT2D eigenvalue weighted by atomic mass is 35.5. The number of carbonyl (C=O) groups is 2. The van der Waals surface area contributed by atoms with Gasteiger partial charge in [-0.15, -0.1) is 0 Å². The zero-order valence-electron chi connectivity index (χ0n) is 8.66. The molecule has 6 heteroatoms. The predicted molar refractivity (Wildman–Crippen MR) is 56.8 cm³/mol. The molecule has 0 atom stereocenters. The van der Waals surface area contributed by atoms with Crippen LogP contribution in [0.4, 0.5) is 4.39 Å². The highest BCUT2D eigenvalue weighted by Gasteiger charge is 2.12. The highest BCUT2D eigenvalue weighted by molar-refractivity contribution is 6.39. The maximum Gasteiger partial charge on any atom is 0.376 e. The van der Waals surface area contributed by atoms with Crippen LogP contribution in [0.2, 0.25) is 5.02 Å². The summed E-state index contributed by atoms with van der Waals surface area (Å²) in [6, 6.07) is 2.39. The van der Waals surface area contributed by atoms with Crippen molar-refractivity contribution in [2.75, 3.05) is 0 Å². The molecule has 0 radical (unpaired) electrons. The third-order valence-electron chi connectivity index (χ3n) is 2.00. The van der Waals surface area contributed by atoms with Crippen LogP contribution >= 0.6 is 11.6 Å². The van der Waals surface area contributed by atoms with Gasteiger partial charge in [0, 0.05) is 5.56 Å². The lowest BCUT2D eigenvalue weighted by Gasteiger charge is -2.15. The smallest absolute Gasteiger partial charge is 0.376 e. The summed E-state index contributed by atoms with van der Waals surface area (Å²) in [4.78, 5) is 21.0. The topological polar surface area (TPSA) is 77.4 Å². The standard InChI is InChI=1S/C11H8ClFO4/c1-5-2-3-6(13)9(10(5)12)7(14)4-8(15)11(16)17/h2-4,14H,1H3,(H,16,17)/p-1/b7-4-. The van der Waals surface area contributed by atoms with Crippen LogP contribution in [0.3, 0.4) is 0 Å². The van der Waals surface area contributed by atoms with Crippen LogP contribution in [-0.2, 0) is 9.59 Å². The molecule has 0 aliphatic rings. The van der Waals surface area contributed by atoms with Crippen LogP contribution < -0.4 is 5.11 Å². The molecular formula is C11H7ClFO4-. The van der Waals surface area contributed by atoms with Crippen LogP contribution in [0.15, 0.2) is 18.2 Å². The Morgan fingerprint density at radius 3 is 2.59 bits per heavy atom. The number of rotatable bonds is 3. The number of benzene rings is 1. The minimum atomic E-state index is -1.79. The van der Waals surface area contributed by atoms with Gasteiger partial charge in [0.1, 0.15) is 5.82 Å². The Morgan fingerprint density at radius 1 is 1.47 bits per heavy atom. The van der Waals surface area contributed by atoms with Crippen molar-refractivity contribution in [2.45, 2.75) is 6.92 Å². The first kappa shape index (κ1) is 13.2. The average Bonchev–Trinajstić information content (AvgIpc) is 2.24. The summed E-state index contributed by atoms with van der Waals surface area (Å²) in [5, 5.41) is 19.7. The van der Waals surface area contributed by atoms with Crippen molar-refractivity contribution < 1.29 is 24.2 Å². The zero-order chi connectivity index (χ0) is 13.2. The summed E-state index contributed by atoms with van der Waals surface area (Å²) >= 11 is 5.72. The molecular weight excluding hydrogens is 251 g/mol. The molecule has 1 aromatic rings. The van der Waals surface area contributed by atoms with Gasteiger partial charge in [0.2, 0.25) is 0 Å². The molecule has 0 aromatic heterocycles. The Kier molecular flexibility index (Phi) is 3.85. The number of carboxylic acid groups (broad SMARTS) is 1. The SMILES string of the molecule is Cc1ccc(F)c(/C([O-])=C/C(=O)C(=O)O)c1Cl. The largest absolute Gasteiger partial charge is 0.872 e. The molecule has 1 aromatic carbocycles. The summed E-state index contributed by atoms with van der Waals surface area (Å²) in [5.41, 5.74) is -0.0474. The number of hydrogen-bond acceptors (Lipinski definition) is 3. The summed E-state index contributed by atoms with van der Waals surface area (Å²) in [7, 11) is 0. The molecule has 0 aliphatic carbocycles. The summed E-state index contributed by atoms with van der Waals surface area (Å²) in [6.45, 7) is 1.55. The van der Waals surface area contributed by atoms with Crippen LogP contribution in [0.5, 0.6) is 0 Å². The van der Waals surface area contributed by atoms with Crippen molar-refractivity contribution in [1.82, 2.24) is 0 Å². The third-order valence-corrected chi connectivity index (χ3v) is 2.49. The fourth-order valence-corrected chi connectivity index (χ4v) is 1.38. The summed E-state index contributed by atoms with van der Waals surface area (Å²) < 4.78 is 13.3. The first-order chi connectivity index (χ1) is 7.84. The van der Waals surface area contributed by atoms with E-state index in [4.69, 9.17) is 16.7 Å². The highest BCUT2D eigenvalue weighted by Crippen LogP contribution is 2.27. The first-order valence-corrected chi connectivity index (χ1v) is 4.83.